The van der Waals surface area contributed by atoms with Gasteiger partial charge in [-0.3, -0.25) is 9.78 Å². The first-order valence-corrected chi connectivity index (χ1v) is 16.4. The number of aliphatic hydroxyl groups excluding tert-OH is 1. The van der Waals surface area contributed by atoms with Gasteiger partial charge in [0.05, 0.1) is 24.3 Å². The zero-order valence-corrected chi connectivity index (χ0v) is 27.3. The van der Waals surface area contributed by atoms with Gasteiger partial charge in [0.1, 0.15) is 17.4 Å². The van der Waals surface area contributed by atoms with Crippen LogP contribution in [0.5, 0.6) is 5.88 Å². The molecule has 0 aliphatic heterocycles. The van der Waals surface area contributed by atoms with Crippen LogP contribution in [0, 0.1) is 0 Å². The van der Waals surface area contributed by atoms with E-state index in [2.05, 4.69) is 20.9 Å². The Bertz CT molecular complexity index is 1660. The van der Waals surface area contributed by atoms with Crippen LogP contribution in [-0.4, -0.2) is 58.3 Å². The van der Waals surface area contributed by atoms with Crippen LogP contribution in [0.15, 0.2) is 66.9 Å². The van der Waals surface area contributed by atoms with Crippen LogP contribution >= 0.6 is 23.2 Å². The van der Waals surface area contributed by atoms with E-state index in [1.165, 1.54) is 7.11 Å². The maximum Gasteiger partial charge on any atom is 0.270 e. The SMILES string of the molecule is COc1nc(C2(NC(=O)c3cc(C4CC4)c(CN[C@@H]4C[C@@H]4F)cn3)C=CC=C(c3ccccc3Cl)C2Cl)ccc1CNCC(C)O. The molecule has 2 heterocycles. The summed E-state index contributed by atoms with van der Waals surface area (Å²) in [6.45, 7) is 3.05. The molecule has 5 atom stereocenters. The Balaban J connectivity index is 1.35. The first-order valence-electron chi connectivity index (χ1n) is 15.6. The molecule has 0 saturated heterocycles. The fraction of sp³-hybridized carbons (Fsp3) is 0.400. The number of methoxy groups -OCH3 is 1. The fourth-order valence-corrected chi connectivity index (χ4v) is 6.54. The van der Waals surface area contributed by atoms with Crippen molar-refractivity contribution >= 4 is 34.7 Å². The minimum atomic E-state index is -1.30. The number of carbonyl (C=O) groups excluding carboxylic acids is 1. The molecule has 3 aliphatic rings. The number of aliphatic hydroxyl groups is 1. The van der Waals surface area contributed by atoms with Crippen LogP contribution in [0.3, 0.4) is 0 Å². The maximum atomic E-state index is 14.1. The number of nitrogens with one attached hydrogen (secondary N) is 3. The van der Waals surface area contributed by atoms with Crippen LogP contribution in [0.4, 0.5) is 4.39 Å². The van der Waals surface area contributed by atoms with E-state index in [4.69, 9.17) is 32.9 Å². The summed E-state index contributed by atoms with van der Waals surface area (Å²) in [7, 11) is 1.54. The van der Waals surface area contributed by atoms with Gasteiger partial charge in [0.2, 0.25) is 5.88 Å². The van der Waals surface area contributed by atoms with Gasteiger partial charge in [-0.25, -0.2) is 9.37 Å². The number of aromatic nitrogens is 2. The number of carbonyl (C=O) groups is 1. The number of benzene rings is 1. The average molecular weight is 667 g/mol. The van der Waals surface area contributed by atoms with E-state index in [0.717, 1.165) is 40.7 Å². The van der Waals surface area contributed by atoms with E-state index in [0.29, 0.717) is 48.6 Å². The van der Waals surface area contributed by atoms with Crippen molar-refractivity contribution in [3.8, 4) is 5.88 Å². The summed E-state index contributed by atoms with van der Waals surface area (Å²) >= 11 is 14.0. The molecule has 46 heavy (non-hydrogen) atoms. The second-order valence-corrected chi connectivity index (χ2v) is 13.1. The standard InChI is InChI=1S/C35H38Cl2FN5O3/c1-20(44)16-39-17-22-11-12-31(42-34(22)46-2)35(13-5-7-25(32(35)37)24-6-3-4-8-27(24)36)43-33(45)30-14-26(21-9-10-21)23(19-41-30)18-40-29-15-28(29)38/h3-8,11-14,19-21,28-29,32,39-40,44H,9-10,15-18H2,1-2H3,(H,43,45)/t20?,28-,29+,32?,35?/m0/s1. The van der Waals surface area contributed by atoms with Crippen molar-refractivity contribution < 1.29 is 19.0 Å². The predicted octanol–water partition coefficient (Wildman–Crippen LogP) is 5.57. The lowest BCUT2D eigenvalue weighted by Crippen LogP contribution is -2.52. The molecule has 0 radical (unpaired) electrons. The van der Waals surface area contributed by atoms with Gasteiger partial charge in [0, 0.05) is 42.5 Å². The second-order valence-electron chi connectivity index (χ2n) is 12.3. The van der Waals surface area contributed by atoms with Crippen molar-refractivity contribution in [2.45, 2.75) is 74.4 Å². The highest BCUT2D eigenvalue weighted by Gasteiger charge is 2.45. The van der Waals surface area contributed by atoms with Crippen LogP contribution < -0.4 is 20.7 Å². The number of nitrogens with zero attached hydrogens (tertiary/aromatic N) is 2. The number of hydrogen-bond acceptors (Lipinski definition) is 7. The van der Waals surface area contributed by atoms with Gasteiger partial charge < -0.3 is 25.8 Å². The molecule has 1 aromatic carbocycles. The fourth-order valence-electron chi connectivity index (χ4n) is 5.86. The monoisotopic (exact) mass is 665 g/mol. The Morgan fingerprint density at radius 1 is 1.20 bits per heavy atom. The molecule has 1 amide bonds. The van der Waals surface area contributed by atoms with Gasteiger partial charge in [-0.15, -0.1) is 11.6 Å². The molecule has 242 valence electrons. The summed E-state index contributed by atoms with van der Waals surface area (Å²) in [5, 5.41) is 19.0. The molecular weight excluding hydrogens is 628 g/mol. The first kappa shape index (κ1) is 32.6. The lowest BCUT2D eigenvalue weighted by atomic mass is 9.80. The topological polar surface area (TPSA) is 108 Å². The van der Waals surface area contributed by atoms with Crippen LogP contribution in [-0.2, 0) is 18.6 Å². The molecule has 2 fully saturated rings. The summed E-state index contributed by atoms with van der Waals surface area (Å²) in [4.78, 5) is 23.5. The Kier molecular flexibility index (Phi) is 9.77. The molecule has 3 aromatic rings. The van der Waals surface area contributed by atoms with Crippen molar-refractivity contribution in [1.29, 1.82) is 0 Å². The smallest absolute Gasteiger partial charge is 0.270 e. The van der Waals surface area contributed by atoms with Crippen LogP contribution in [0.1, 0.15) is 70.5 Å². The van der Waals surface area contributed by atoms with Gasteiger partial charge in [0.15, 0.2) is 0 Å². The van der Waals surface area contributed by atoms with Gasteiger partial charge in [-0.1, -0.05) is 54.1 Å². The number of pyridine rings is 2. The third kappa shape index (κ3) is 6.99. The minimum Gasteiger partial charge on any atom is -0.481 e. The number of rotatable bonds is 13. The molecule has 2 saturated carbocycles. The summed E-state index contributed by atoms with van der Waals surface area (Å²) in [6, 6.07) is 12.9. The van der Waals surface area contributed by atoms with E-state index in [1.807, 2.05) is 54.6 Å². The lowest BCUT2D eigenvalue weighted by molar-refractivity contribution is 0.0910. The van der Waals surface area contributed by atoms with E-state index < -0.39 is 29.1 Å². The van der Waals surface area contributed by atoms with Crippen molar-refractivity contribution in [1.82, 2.24) is 25.9 Å². The van der Waals surface area contributed by atoms with Crippen LogP contribution in [0.2, 0.25) is 5.02 Å². The zero-order chi connectivity index (χ0) is 32.4. The Labute approximate surface area is 278 Å². The van der Waals surface area contributed by atoms with Gasteiger partial charge in [-0.2, -0.15) is 0 Å². The van der Waals surface area contributed by atoms with E-state index in [9.17, 15) is 14.3 Å². The molecule has 0 bridgehead atoms. The minimum absolute atomic E-state index is 0.112. The summed E-state index contributed by atoms with van der Waals surface area (Å²) in [6.07, 6.45) is 8.60. The van der Waals surface area contributed by atoms with Crippen molar-refractivity contribution in [2.24, 2.45) is 0 Å². The number of amides is 1. The van der Waals surface area contributed by atoms with Gasteiger partial charge in [-0.05, 0) is 72.6 Å². The molecule has 8 nitrogen and oxygen atoms in total. The number of alkyl halides is 2. The van der Waals surface area contributed by atoms with Gasteiger partial charge in [0.25, 0.3) is 5.91 Å². The second kappa shape index (κ2) is 13.8. The highest BCUT2D eigenvalue weighted by atomic mass is 35.5. The lowest BCUT2D eigenvalue weighted by Gasteiger charge is -2.39. The summed E-state index contributed by atoms with van der Waals surface area (Å²) in [5.74, 6) is 0.311. The number of ether oxygens (including phenoxy) is 1. The normalized spacial score (nSPS) is 24.3. The number of halogens is 3. The summed E-state index contributed by atoms with van der Waals surface area (Å²) < 4.78 is 19.2. The zero-order valence-electron chi connectivity index (χ0n) is 25.8. The van der Waals surface area contributed by atoms with E-state index >= 15 is 0 Å². The molecule has 3 unspecified atom stereocenters. The molecule has 3 aliphatic carbocycles. The largest absolute Gasteiger partial charge is 0.481 e. The highest BCUT2D eigenvalue weighted by molar-refractivity contribution is 6.34. The van der Waals surface area contributed by atoms with Crippen molar-refractivity contribution in [3.05, 3.63) is 106 Å². The average Bonchev–Trinajstić information content (AvgIpc) is 3.99. The Morgan fingerprint density at radius 3 is 2.67 bits per heavy atom. The molecule has 4 N–H and O–H groups in total. The number of allylic oxidation sites excluding steroid dienone is 2. The highest BCUT2D eigenvalue weighted by Crippen LogP contribution is 2.44. The van der Waals surface area contributed by atoms with E-state index in [-0.39, 0.29) is 11.7 Å². The Hall–Kier alpha value is -3.34. The van der Waals surface area contributed by atoms with Gasteiger partial charge >= 0.3 is 0 Å². The molecule has 0 spiro atoms. The third-order valence-electron chi connectivity index (χ3n) is 8.66. The first-order chi connectivity index (χ1) is 22.2. The van der Waals surface area contributed by atoms with E-state index in [1.54, 1.807) is 19.2 Å². The van der Waals surface area contributed by atoms with Crippen molar-refractivity contribution in [2.75, 3.05) is 13.7 Å². The molecule has 2 aromatic heterocycles. The molecular formula is C35H38Cl2FN5O3. The Morgan fingerprint density at radius 2 is 1.98 bits per heavy atom. The number of hydrogen-bond donors (Lipinski definition) is 4. The maximum absolute atomic E-state index is 14.1. The molecule has 6 rings (SSSR count). The third-order valence-corrected chi connectivity index (χ3v) is 9.57. The predicted molar refractivity (Wildman–Crippen MR) is 178 cm³/mol. The molecule has 11 heteroatoms. The quantitative estimate of drug-likeness (QED) is 0.177. The summed E-state index contributed by atoms with van der Waals surface area (Å²) in [5.41, 5.74) is 3.72. The van der Waals surface area contributed by atoms with Crippen molar-refractivity contribution in [3.63, 3.8) is 0 Å². The van der Waals surface area contributed by atoms with Crippen LogP contribution in [0.25, 0.3) is 5.57 Å².